The molecule has 3 rings (SSSR count). The fraction of sp³-hybridized carbons (Fsp3) is 0.263. The van der Waals surface area contributed by atoms with E-state index >= 15 is 0 Å². The summed E-state index contributed by atoms with van der Waals surface area (Å²) >= 11 is 1.32. The second kappa shape index (κ2) is 8.14. The zero-order valence-corrected chi connectivity index (χ0v) is 15.8. The van der Waals surface area contributed by atoms with Crippen LogP contribution in [0.3, 0.4) is 0 Å². The molecule has 0 aliphatic carbocycles. The summed E-state index contributed by atoms with van der Waals surface area (Å²) < 4.78 is 1.66. The predicted molar refractivity (Wildman–Crippen MR) is 102 cm³/mol. The van der Waals surface area contributed by atoms with E-state index < -0.39 is 0 Å². The predicted octanol–water partition coefficient (Wildman–Crippen LogP) is 3.25. The van der Waals surface area contributed by atoms with Crippen molar-refractivity contribution in [1.29, 1.82) is 0 Å². The van der Waals surface area contributed by atoms with Crippen LogP contribution in [0.4, 0.5) is 0 Å². The van der Waals surface area contributed by atoms with Crippen molar-refractivity contribution in [3.63, 3.8) is 0 Å². The zero-order valence-electron chi connectivity index (χ0n) is 15.0. The van der Waals surface area contributed by atoms with Crippen molar-refractivity contribution in [1.82, 2.24) is 25.5 Å². The second-order valence-corrected chi connectivity index (χ2v) is 7.07. The van der Waals surface area contributed by atoms with E-state index in [0.717, 1.165) is 11.3 Å². The van der Waals surface area contributed by atoms with Gasteiger partial charge in [-0.05, 0) is 60.0 Å². The van der Waals surface area contributed by atoms with Crippen LogP contribution in [0.15, 0.2) is 53.7 Å². The largest absolute Gasteiger partial charge is 0.349 e. The van der Waals surface area contributed by atoms with Gasteiger partial charge >= 0.3 is 0 Å². The highest BCUT2D eigenvalue weighted by Crippen LogP contribution is 2.20. The Morgan fingerprint density at radius 1 is 1.15 bits per heavy atom. The minimum atomic E-state index is -0.0546. The minimum Gasteiger partial charge on any atom is -0.349 e. The lowest BCUT2D eigenvalue weighted by Gasteiger charge is -2.14. The van der Waals surface area contributed by atoms with Crippen LogP contribution >= 0.6 is 11.8 Å². The highest BCUT2D eigenvalue weighted by Gasteiger charge is 2.14. The highest BCUT2D eigenvalue weighted by atomic mass is 32.2. The lowest BCUT2D eigenvalue weighted by atomic mass is 10.1. The van der Waals surface area contributed by atoms with Gasteiger partial charge in [0.05, 0.1) is 17.5 Å². The second-order valence-electron chi connectivity index (χ2n) is 6.13. The van der Waals surface area contributed by atoms with Crippen molar-refractivity contribution in [3.8, 4) is 5.69 Å². The first kappa shape index (κ1) is 18.1. The standard InChI is InChI=1S/C19H21N5OS/c1-13-9-10-17(11-14(13)2)24-19(21-22-23-24)26-12-18(25)20-15(3)16-7-5-4-6-8-16/h4-11,15H,12H2,1-3H3,(H,20,25)/t15-/m1/s1. The molecule has 0 aliphatic rings. The Kier molecular flexibility index (Phi) is 5.68. The Morgan fingerprint density at radius 3 is 2.65 bits per heavy atom. The lowest BCUT2D eigenvalue weighted by molar-refractivity contribution is -0.119. The van der Waals surface area contributed by atoms with Crippen LogP contribution in [0.2, 0.25) is 0 Å². The minimum absolute atomic E-state index is 0.0416. The number of nitrogens with one attached hydrogen (secondary N) is 1. The number of aryl methyl sites for hydroxylation is 2. The van der Waals surface area contributed by atoms with Crippen LogP contribution in [0, 0.1) is 13.8 Å². The van der Waals surface area contributed by atoms with Gasteiger partial charge in [0, 0.05) is 0 Å². The highest BCUT2D eigenvalue weighted by molar-refractivity contribution is 7.99. The van der Waals surface area contributed by atoms with Crippen molar-refractivity contribution in [3.05, 3.63) is 65.2 Å². The molecule has 2 aromatic carbocycles. The van der Waals surface area contributed by atoms with Crippen molar-refractivity contribution in [2.75, 3.05) is 5.75 Å². The van der Waals surface area contributed by atoms with E-state index in [-0.39, 0.29) is 17.7 Å². The molecule has 1 N–H and O–H groups in total. The molecule has 1 atom stereocenters. The van der Waals surface area contributed by atoms with Crippen LogP contribution < -0.4 is 5.32 Å². The van der Waals surface area contributed by atoms with Crippen LogP contribution in [-0.2, 0) is 4.79 Å². The van der Waals surface area contributed by atoms with Crippen molar-refractivity contribution in [2.45, 2.75) is 32.0 Å². The van der Waals surface area contributed by atoms with Gasteiger partial charge in [0.2, 0.25) is 11.1 Å². The summed E-state index contributed by atoms with van der Waals surface area (Å²) in [6, 6.07) is 15.9. The van der Waals surface area contributed by atoms with E-state index in [1.165, 1.54) is 22.9 Å². The maximum absolute atomic E-state index is 12.3. The first-order valence-electron chi connectivity index (χ1n) is 8.37. The summed E-state index contributed by atoms with van der Waals surface area (Å²) in [6.07, 6.45) is 0. The molecule has 26 heavy (non-hydrogen) atoms. The van der Waals surface area contributed by atoms with E-state index in [2.05, 4.69) is 34.7 Å². The van der Waals surface area contributed by atoms with Crippen LogP contribution in [0.1, 0.15) is 29.7 Å². The Morgan fingerprint density at radius 2 is 1.92 bits per heavy atom. The van der Waals surface area contributed by atoms with Gasteiger partial charge in [0.1, 0.15) is 0 Å². The molecule has 0 unspecified atom stereocenters. The van der Waals surface area contributed by atoms with Gasteiger partial charge in [-0.1, -0.05) is 48.2 Å². The van der Waals surface area contributed by atoms with Gasteiger partial charge in [-0.2, -0.15) is 4.68 Å². The molecule has 0 saturated heterocycles. The number of carbonyl (C=O) groups is 1. The molecular weight excluding hydrogens is 346 g/mol. The Labute approximate surface area is 157 Å². The average molecular weight is 367 g/mol. The number of tetrazole rings is 1. The van der Waals surface area contributed by atoms with E-state index in [0.29, 0.717) is 5.16 Å². The third-order valence-corrected chi connectivity index (χ3v) is 5.10. The molecule has 0 bridgehead atoms. The monoisotopic (exact) mass is 367 g/mol. The van der Waals surface area contributed by atoms with Gasteiger partial charge in [0.25, 0.3) is 0 Å². The Balaban J connectivity index is 1.63. The molecule has 1 heterocycles. The van der Waals surface area contributed by atoms with Gasteiger partial charge in [0.15, 0.2) is 0 Å². The van der Waals surface area contributed by atoms with Gasteiger partial charge < -0.3 is 5.32 Å². The van der Waals surface area contributed by atoms with Gasteiger partial charge in [-0.15, -0.1) is 5.10 Å². The summed E-state index contributed by atoms with van der Waals surface area (Å²) in [4.78, 5) is 12.3. The number of nitrogens with zero attached hydrogens (tertiary/aromatic N) is 4. The molecule has 134 valence electrons. The summed E-state index contributed by atoms with van der Waals surface area (Å²) in [6.45, 7) is 6.08. The smallest absolute Gasteiger partial charge is 0.230 e. The molecule has 0 fully saturated rings. The zero-order chi connectivity index (χ0) is 18.5. The van der Waals surface area contributed by atoms with Crippen LogP contribution in [0.5, 0.6) is 0 Å². The fourth-order valence-electron chi connectivity index (χ4n) is 2.53. The quantitative estimate of drug-likeness (QED) is 0.677. The lowest BCUT2D eigenvalue weighted by Crippen LogP contribution is -2.28. The number of thioether (sulfide) groups is 1. The third kappa shape index (κ3) is 4.29. The molecule has 6 nitrogen and oxygen atoms in total. The topological polar surface area (TPSA) is 72.7 Å². The van der Waals surface area contributed by atoms with Crippen molar-refractivity contribution in [2.24, 2.45) is 0 Å². The maximum Gasteiger partial charge on any atom is 0.230 e. The van der Waals surface area contributed by atoms with E-state index in [9.17, 15) is 4.79 Å². The number of aromatic nitrogens is 4. The molecular formula is C19H21N5OS. The summed E-state index contributed by atoms with van der Waals surface area (Å²) in [5.41, 5.74) is 4.35. The van der Waals surface area contributed by atoms with Gasteiger partial charge in [-0.25, -0.2) is 0 Å². The number of carbonyl (C=O) groups excluding carboxylic acids is 1. The number of rotatable bonds is 6. The SMILES string of the molecule is Cc1ccc(-n2nnnc2SCC(=O)N[C@H](C)c2ccccc2)cc1C. The number of amides is 1. The molecule has 1 aromatic heterocycles. The van der Waals surface area contributed by atoms with Crippen LogP contribution in [-0.4, -0.2) is 31.9 Å². The normalized spacial score (nSPS) is 12.0. The van der Waals surface area contributed by atoms with Crippen molar-refractivity contribution < 1.29 is 4.79 Å². The molecule has 7 heteroatoms. The molecule has 0 aliphatic heterocycles. The summed E-state index contributed by atoms with van der Waals surface area (Å²) in [7, 11) is 0. The fourth-order valence-corrected chi connectivity index (χ4v) is 3.23. The first-order valence-corrected chi connectivity index (χ1v) is 9.36. The first-order chi connectivity index (χ1) is 12.5. The summed E-state index contributed by atoms with van der Waals surface area (Å²) in [5, 5.41) is 15.4. The maximum atomic E-state index is 12.3. The third-order valence-electron chi connectivity index (χ3n) is 4.19. The van der Waals surface area contributed by atoms with E-state index in [4.69, 9.17) is 0 Å². The van der Waals surface area contributed by atoms with Crippen LogP contribution in [0.25, 0.3) is 5.69 Å². The van der Waals surface area contributed by atoms with E-state index in [1.807, 2.05) is 55.5 Å². The Bertz CT molecular complexity index is 894. The summed E-state index contributed by atoms with van der Waals surface area (Å²) in [5.74, 6) is 0.198. The number of benzene rings is 2. The molecule has 0 saturated carbocycles. The molecule has 1 amide bonds. The average Bonchev–Trinajstić information content (AvgIpc) is 3.11. The molecule has 0 radical (unpaired) electrons. The Hall–Kier alpha value is -2.67. The van der Waals surface area contributed by atoms with Gasteiger partial charge in [-0.3, -0.25) is 4.79 Å². The van der Waals surface area contributed by atoms with E-state index in [1.54, 1.807) is 4.68 Å². The molecule has 3 aromatic rings. The number of hydrogen-bond donors (Lipinski definition) is 1. The van der Waals surface area contributed by atoms with Crippen molar-refractivity contribution >= 4 is 17.7 Å². The number of hydrogen-bond acceptors (Lipinski definition) is 5. The molecule has 0 spiro atoms.